The van der Waals surface area contributed by atoms with Crippen LogP contribution in [-0.2, 0) is 18.9 Å². The van der Waals surface area contributed by atoms with Crippen molar-refractivity contribution in [3.63, 3.8) is 0 Å². The Balaban J connectivity index is 0.00000247. The number of fused-ring (bicyclic) bond motifs is 2. The Morgan fingerprint density at radius 2 is 0.541 bits per heavy atom. The Hall–Kier alpha value is -2.52. The molecule has 0 N–H and O–H groups in total. The minimum Gasteiger partial charge on any atom is -0.487 e. The van der Waals surface area contributed by atoms with Gasteiger partial charge in [0.2, 0.25) is 0 Å². The van der Waals surface area contributed by atoms with Gasteiger partial charge in [0.1, 0.15) is 26.4 Å². The van der Waals surface area contributed by atoms with Crippen molar-refractivity contribution in [2.45, 2.75) is 35.1 Å². The number of benzene rings is 2. The maximum absolute atomic E-state index is 5.78. The highest BCUT2D eigenvalue weighted by Gasteiger charge is 2.06. The third kappa shape index (κ3) is 16.0. The zero-order valence-corrected chi connectivity index (χ0v) is 22.4. The Labute approximate surface area is 224 Å². The fraction of sp³-hybridized carbons (Fsp3) is 0.586. The van der Waals surface area contributed by atoms with Crippen molar-refractivity contribution >= 4 is 0 Å². The molecule has 0 aliphatic carbocycles. The molecule has 212 valence electrons. The van der Waals surface area contributed by atoms with Gasteiger partial charge in [-0.15, -0.1) is 0 Å². The first-order valence-corrected chi connectivity index (χ1v) is 12.9. The van der Waals surface area contributed by atoms with Gasteiger partial charge in [0.05, 0.1) is 52.9 Å². The van der Waals surface area contributed by atoms with Crippen LogP contribution in [0.1, 0.15) is 35.1 Å². The number of rotatable bonds is 0. The van der Waals surface area contributed by atoms with E-state index in [9.17, 15) is 0 Å². The van der Waals surface area contributed by atoms with E-state index in [1.807, 2.05) is 76.2 Å². The van der Waals surface area contributed by atoms with Crippen molar-refractivity contribution < 1.29 is 37.9 Å². The number of hydrogen-bond donors (Lipinski definition) is 0. The van der Waals surface area contributed by atoms with Gasteiger partial charge in [-0.25, -0.2) is 0 Å². The van der Waals surface area contributed by atoms with Gasteiger partial charge < -0.3 is 37.9 Å². The molecule has 2 aromatic rings. The summed E-state index contributed by atoms with van der Waals surface area (Å²) in [4.78, 5) is 0. The first kappa shape index (κ1) is 34.5. The maximum Gasteiger partial charge on any atom is 0.161 e. The van der Waals surface area contributed by atoms with Gasteiger partial charge in [-0.1, -0.05) is 59.4 Å². The molecule has 0 spiro atoms. The van der Waals surface area contributed by atoms with E-state index >= 15 is 0 Å². The molecule has 1 aliphatic rings. The average molecular weight is 525 g/mol. The SMILES string of the molecule is C.CC.CC.c1ccc2c(c1)OCCOCCOCCOc1ccccc1OCCOCCOCCO2. The maximum atomic E-state index is 5.78. The Morgan fingerprint density at radius 3 is 0.757 bits per heavy atom. The second-order valence-electron chi connectivity index (χ2n) is 6.74. The van der Waals surface area contributed by atoms with Crippen molar-refractivity contribution in [1.82, 2.24) is 0 Å². The summed E-state index contributed by atoms with van der Waals surface area (Å²) in [7, 11) is 0. The quantitative estimate of drug-likeness (QED) is 0.436. The van der Waals surface area contributed by atoms with Crippen LogP contribution in [0.25, 0.3) is 0 Å². The molecule has 1 heterocycles. The van der Waals surface area contributed by atoms with Gasteiger partial charge in [0.15, 0.2) is 23.0 Å². The van der Waals surface area contributed by atoms with Crippen LogP contribution in [0.5, 0.6) is 23.0 Å². The number of hydrogen-bond acceptors (Lipinski definition) is 8. The highest BCUT2D eigenvalue weighted by atomic mass is 16.6. The van der Waals surface area contributed by atoms with E-state index in [4.69, 9.17) is 37.9 Å². The molecule has 37 heavy (non-hydrogen) atoms. The molecule has 8 nitrogen and oxygen atoms in total. The lowest BCUT2D eigenvalue weighted by molar-refractivity contribution is 0.0223. The summed E-state index contributed by atoms with van der Waals surface area (Å²) in [5, 5.41) is 0. The molecule has 0 saturated carbocycles. The van der Waals surface area contributed by atoms with Crippen LogP contribution in [0.2, 0.25) is 0 Å². The first-order chi connectivity index (χ1) is 17.9. The Kier molecular flexibility index (Phi) is 23.4. The van der Waals surface area contributed by atoms with Gasteiger partial charge in [-0.2, -0.15) is 0 Å². The summed E-state index contributed by atoms with van der Waals surface area (Å²) in [6.45, 7) is 13.5. The van der Waals surface area contributed by atoms with E-state index in [0.29, 0.717) is 102 Å². The number of para-hydroxylation sites is 4. The summed E-state index contributed by atoms with van der Waals surface area (Å²) in [5.41, 5.74) is 0. The standard InChI is InChI=1S/C24H32O8.2C2H6.CH4/c1-2-6-22-21(5-1)29-17-13-25-9-10-27-15-19-31-23-7-3-4-8-24(23)32-20-16-28-12-11-26-14-18-30-22;2*1-2;/h1-8H,9-20H2;2*1-2H3;1H4. The van der Waals surface area contributed by atoms with Crippen LogP contribution in [0, 0.1) is 0 Å². The second kappa shape index (κ2) is 25.1. The van der Waals surface area contributed by atoms with Gasteiger partial charge in [-0.3, -0.25) is 0 Å². The van der Waals surface area contributed by atoms with Crippen LogP contribution < -0.4 is 18.9 Å². The highest BCUT2D eigenvalue weighted by molar-refractivity contribution is 5.40. The summed E-state index contributed by atoms with van der Waals surface area (Å²) < 4.78 is 45.3. The lowest BCUT2D eigenvalue weighted by Crippen LogP contribution is -2.15. The first-order valence-electron chi connectivity index (χ1n) is 12.9. The zero-order chi connectivity index (χ0) is 26.1. The fourth-order valence-electron chi connectivity index (χ4n) is 2.86. The van der Waals surface area contributed by atoms with Crippen LogP contribution in [0.3, 0.4) is 0 Å². The van der Waals surface area contributed by atoms with Gasteiger partial charge in [-0.05, 0) is 24.3 Å². The molecule has 0 atom stereocenters. The summed E-state index contributed by atoms with van der Waals surface area (Å²) >= 11 is 0. The lowest BCUT2D eigenvalue weighted by atomic mass is 10.3. The van der Waals surface area contributed by atoms with Gasteiger partial charge in [0.25, 0.3) is 0 Å². The molecule has 0 radical (unpaired) electrons. The predicted molar refractivity (Wildman–Crippen MR) is 148 cm³/mol. The zero-order valence-electron chi connectivity index (χ0n) is 22.4. The summed E-state index contributed by atoms with van der Waals surface area (Å²) in [6, 6.07) is 15.1. The van der Waals surface area contributed by atoms with E-state index in [-0.39, 0.29) is 7.43 Å². The molecule has 0 unspecified atom stereocenters. The third-order valence-corrected chi connectivity index (χ3v) is 4.38. The van der Waals surface area contributed by atoms with E-state index in [0.717, 1.165) is 0 Å². The van der Waals surface area contributed by atoms with Gasteiger partial charge in [0, 0.05) is 0 Å². The Bertz CT molecular complexity index is 631. The van der Waals surface area contributed by atoms with E-state index in [1.165, 1.54) is 0 Å². The van der Waals surface area contributed by atoms with Crippen LogP contribution in [-0.4, -0.2) is 79.3 Å². The smallest absolute Gasteiger partial charge is 0.161 e. The molecule has 0 fully saturated rings. The summed E-state index contributed by atoms with van der Waals surface area (Å²) in [5.74, 6) is 2.73. The molecule has 0 bridgehead atoms. The predicted octanol–water partition coefficient (Wildman–Crippen LogP) is 5.67. The van der Waals surface area contributed by atoms with Crippen molar-refractivity contribution in [3.8, 4) is 23.0 Å². The minimum atomic E-state index is 0. The van der Waals surface area contributed by atoms with E-state index in [2.05, 4.69) is 0 Å². The van der Waals surface area contributed by atoms with E-state index in [1.54, 1.807) is 0 Å². The third-order valence-electron chi connectivity index (χ3n) is 4.38. The van der Waals surface area contributed by atoms with Crippen molar-refractivity contribution in [1.29, 1.82) is 0 Å². The molecule has 0 saturated heterocycles. The molecular formula is C29H48O8. The average Bonchev–Trinajstić information content (AvgIpc) is 2.94. The minimum absolute atomic E-state index is 0. The fourth-order valence-corrected chi connectivity index (χ4v) is 2.86. The van der Waals surface area contributed by atoms with Crippen molar-refractivity contribution in [2.75, 3.05) is 79.3 Å². The largest absolute Gasteiger partial charge is 0.487 e. The van der Waals surface area contributed by atoms with Crippen molar-refractivity contribution in [3.05, 3.63) is 48.5 Å². The highest BCUT2D eigenvalue weighted by Crippen LogP contribution is 2.27. The topological polar surface area (TPSA) is 73.8 Å². The molecule has 3 rings (SSSR count). The van der Waals surface area contributed by atoms with Crippen LogP contribution >= 0.6 is 0 Å². The molecule has 0 amide bonds. The number of ether oxygens (including phenoxy) is 8. The molecule has 1 aliphatic heterocycles. The lowest BCUT2D eigenvalue weighted by Gasteiger charge is -2.14. The molecule has 8 heteroatoms. The monoisotopic (exact) mass is 524 g/mol. The van der Waals surface area contributed by atoms with Gasteiger partial charge >= 0.3 is 0 Å². The van der Waals surface area contributed by atoms with Crippen LogP contribution in [0.15, 0.2) is 48.5 Å². The molecule has 2 aromatic carbocycles. The molecular weight excluding hydrogens is 476 g/mol. The summed E-state index contributed by atoms with van der Waals surface area (Å²) in [6.07, 6.45) is 0. The molecule has 0 aromatic heterocycles. The van der Waals surface area contributed by atoms with Crippen molar-refractivity contribution in [2.24, 2.45) is 0 Å². The van der Waals surface area contributed by atoms with E-state index < -0.39 is 0 Å². The Morgan fingerprint density at radius 1 is 0.351 bits per heavy atom. The normalized spacial score (nSPS) is 16.1. The van der Waals surface area contributed by atoms with Crippen LogP contribution in [0.4, 0.5) is 0 Å². The second-order valence-corrected chi connectivity index (χ2v) is 6.74.